The maximum Gasteiger partial charge on any atom is 0.322 e. The molecule has 0 atom stereocenters. The van der Waals surface area contributed by atoms with Gasteiger partial charge in [-0.25, -0.2) is 0 Å². The first-order chi connectivity index (χ1) is 12.1. The Morgan fingerprint density at radius 3 is 2.36 bits per heavy atom. The molecule has 1 N–H and O–H groups in total. The van der Waals surface area contributed by atoms with Gasteiger partial charge in [0.1, 0.15) is 0 Å². The fourth-order valence-corrected chi connectivity index (χ4v) is 2.81. The molecule has 0 radical (unpaired) electrons. The van der Waals surface area contributed by atoms with Crippen molar-refractivity contribution < 1.29 is 14.0 Å². The lowest BCUT2D eigenvalue weighted by Crippen LogP contribution is -2.12. The number of nitrogens with one attached hydrogen (secondary N) is 1. The van der Waals surface area contributed by atoms with Crippen LogP contribution in [0, 0.1) is 0 Å². The number of hydrogen-bond acceptors (Lipinski definition) is 6. The fourth-order valence-electron chi connectivity index (χ4n) is 2.05. The van der Waals surface area contributed by atoms with Crippen LogP contribution in [-0.2, 0) is 5.75 Å². The molecular formula is C18H15N3O3S. The number of aromatic nitrogens is 2. The number of carbonyl (C=O) groups is 2. The van der Waals surface area contributed by atoms with Crippen LogP contribution in [0.25, 0.3) is 0 Å². The van der Waals surface area contributed by atoms with E-state index in [0.717, 1.165) is 4.90 Å². The highest BCUT2D eigenvalue weighted by molar-refractivity contribution is 7.98. The third-order valence-electron chi connectivity index (χ3n) is 3.35. The Kier molecular flexibility index (Phi) is 5.25. The number of nitrogens with zero attached hydrogens (tertiary/aromatic N) is 2. The van der Waals surface area contributed by atoms with Gasteiger partial charge >= 0.3 is 6.01 Å². The number of rotatable bonds is 6. The molecule has 0 fully saturated rings. The number of thioether (sulfide) groups is 1. The molecule has 0 spiro atoms. The number of amides is 1. The summed E-state index contributed by atoms with van der Waals surface area (Å²) >= 11 is 1.57. The fraction of sp³-hybridized carbons (Fsp3) is 0.111. The number of Topliss-reactive ketones (excluding diaryl/α,β-unsaturated/α-hetero) is 1. The van der Waals surface area contributed by atoms with E-state index in [1.807, 2.05) is 30.3 Å². The maximum atomic E-state index is 12.2. The van der Waals surface area contributed by atoms with Crippen molar-refractivity contribution in [1.82, 2.24) is 10.2 Å². The molecule has 25 heavy (non-hydrogen) atoms. The van der Waals surface area contributed by atoms with Crippen LogP contribution in [0.2, 0.25) is 0 Å². The minimum absolute atomic E-state index is 0.0457. The summed E-state index contributed by atoms with van der Waals surface area (Å²) < 4.78 is 5.43. The first kappa shape index (κ1) is 16.9. The zero-order valence-electron chi connectivity index (χ0n) is 13.4. The van der Waals surface area contributed by atoms with Gasteiger partial charge in [-0.15, -0.1) is 16.9 Å². The van der Waals surface area contributed by atoms with Crippen LogP contribution in [0.15, 0.2) is 63.9 Å². The normalized spacial score (nSPS) is 10.4. The molecule has 3 rings (SSSR count). The highest BCUT2D eigenvalue weighted by Gasteiger charge is 2.12. The van der Waals surface area contributed by atoms with Gasteiger partial charge in [0.2, 0.25) is 5.89 Å². The summed E-state index contributed by atoms with van der Waals surface area (Å²) in [5.41, 5.74) is 0.956. The lowest BCUT2D eigenvalue weighted by Gasteiger charge is -2.01. The average Bonchev–Trinajstić information content (AvgIpc) is 3.08. The van der Waals surface area contributed by atoms with E-state index in [-0.39, 0.29) is 17.7 Å². The number of carbonyl (C=O) groups excluding carboxylic acids is 2. The first-order valence-corrected chi connectivity index (χ1v) is 8.53. The van der Waals surface area contributed by atoms with Crippen LogP contribution >= 0.6 is 11.8 Å². The predicted octanol–water partition coefficient (Wildman–Crippen LogP) is 3.82. The van der Waals surface area contributed by atoms with E-state index in [1.54, 1.807) is 36.0 Å². The first-order valence-electron chi connectivity index (χ1n) is 7.54. The molecular weight excluding hydrogens is 338 g/mol. The quantitative estimate of drug-likeness (QED) is 0.536. The Labute approximate surface area is 148 Å². The van der Waals surface area contributed by atoms with Gasteiger partial charge in [0.15, 0.2) is 5.78 Å². The zero-order chi connectivity index (χ0) is 17.6. The highest BCUT2D eigenvalue weighted by Crippen LogP contribution is 2.22. The van der Waals surface area contributed by atoms with E-state index in [4.69, 9.17) is 4.42 Å². The number of hydrogen-bond donors (Lipinski definition) is 1. The summed E-state index contributed by atoms with van der Waals surface area (Å²) in [6.07, 6.45) is 0. The summed E-state index contributed by atoms with van der Waals surface area (Å²) in [5, 5.41) is 10.3. The highest BCUT2D eigenvalue weighted by atomic mass is 32.2. The zero-order valence-corrected chi connectivity index (χ0v) is 14.2. The Morgan fingerprint density at radius 1 is 1.00 bits per heavy atom. The van der Waals surface area contributed by atoms with Gasteiger partial charge in [-0.1, -0.05) is 35.4 Å². The van der Waals surface area contributed by atoms with E-state index >= 15 is 0 Å². The Morgan fingerprint density at radius 2 is 1.68 bits per heavy atom. The largest absolute Gasteiger partial charge is 0.407 e. The molecule has 0 aliphatic heterocycles. The molecule has 0 aliphatic rings. The SMILES string of the molecule is CC(=O)c1ccc(C(=O)Nc2nnc(CSc3ccccc3)o2)cc1. The summed E-state index contributed by atoms with van der Waals surface area (Å²) in [7, 11) is 0. The number of benzene rings is 2. The smallest absolute Gasteiger partial charge is 0.322 e. The lowest BCUT2D eigenvalue weighted by molar-refractivity contribution is 0.100. The Balaban J connectivity index is 1.58. The second kappa shape index (κ2) is 7.76. The Hall–Kier alpha value is -2.93. The summed E-state index contributed by atoms with van der Waals surface area (Å²) in [5.74, 6) is 0.515. The van der Waals surface area contributed by atoms with E-state index in [0.29, 0.717) is 22.8 Å². The van der Waals surface area contributed by atoms with Crippen molar-refractivity contribution in [2.75, 3.05) is 5.32 Å². The third kappa shape index (κ3) is 4.54. The van der Waals surface area contributed by atoms with Crippen LogP contribution < -0.4 is 5.32 Å². The van der Waals surface area contributed by atoms with Gasteiger partial charge in [-0.3, -0.25) is 14.9 Å². The topological polar surface area (TPSA) is 85.1 Å². The Bertz CT molecular complexity index is 876. The van der Waals surface area contributed by atoms with E-state index < -0.39 is 0 Å². The molecule has 3 aromatic rings. The average molecular weight is 353 g/mol. The van der Waals surface area contributed by atoms with Crippen molar-refractivity contribution in [3.05, 3.63) is 71.6 Å². The number of anilines is 1. The second-order valence-corrected chi connectivity index (χ2v) is 6.24. The second-order valence-electron chi connectivity index (χ2n) is 5.19. The van der Waals surface area contributed by atoms with Crippen molar-refractivity contribution in [1.29, 1.82) is 0 Å². The third-order valence-corrected chi connectivity index (χ3v) is 4.34. The van der Waals surface area contributed by atoms with E-state index in [9.17, 15) is 9.59 Å². The molecule has 6 nitrogen and oxygen atoms in total. The molecule has 0 saturated carbocycles. The van der Waals surface area contributed by atoms with E-state index in [2.05, 4.69) is 15.5 Å². The monoisotopic (exact) mass is 353 g/mol. The van der Waals surface area contributed by atoms with Crippen molar-refractivity contribution in [2.24, 2.45) is 0 Å². The van der Waals surface area contributed by atoms with Gasteiger partial charge in [0.05, 0.1) is 5.75 Å². The number of ketones is 1. The van der Waals surface area contributed by atoms with Crippen LogP contribution in [0.5, 0.6) is 0 Å². The molecule has 0 aliphatic carbocycles. The van der Waals surface area contributed by atoms with Crippen molar-refractivity contribution in [3.8, 4) is 0 Å². The molecule has 2 aromatic carbocycles. The molecule has 126 valence electrons. The molecule has 0 bridgehead atoms. The van der Waals surface area contributed by atoms with Gasteiger partial charge in [0, 0.05) is 16.0 Å². The van der Waals surface area contributed by atoms with Gasteiger partial charge in [-0.2, -0.15) is 0 Å². The lowest BCUT2D eigenvalue weighted by atomic mass is 10.1. The predicted molar refractivity (Wildman–Crippen MR) is 94.7 cm³/mol. The van der Waals surface area contributed by atoms with Crippen LogP contribution in [0.1, 0.15) is 33.5 Å². The van der Waals surface area contributed by atoms with Crippen molar-refractivity contribution >= 4 is 29.5 Å². The van der Waals surface area contributed by atoms with Crippen LogP contribution in [0.3, 0.4) is 0 Å². The van der Waals surface area contributed by atoms with E-state index in [1.165, 1.54) is 6.92 Å². The molecule has 1 aromatic heterocycles. The summed E-state index contributed by atoms with van der Waals surface area (Å²) in [6.45, 7) is 1.47. The summed E-state index contributed by atoms with van der Waals surface area (Å²) in [6, 6.07) is 16.3. The van der Waals surface area contributed by atoms with Gasteiger partial charge in [-0.05, 0) is 31.2 Å². The maximum absolute atomic E-state index is 12.2. The summed E-state index contributed by atoms with van der Waals surface area (Å²) in [4.78, 5) is 24.5. The molecule has 0 unspecified atom stereocenters. The van der Waals surface area contributed by atoms with Crippen molar-refractivity contribution in [3.63, 3.8) is 0 Å². The van der Waals surface area contributed by atoms with Crippen LogP contribution in [-0.4, -0.2) is 21.9 Å². The molecule has 1 heterocycles. The minimum atomic E-state index is -0.374. The van der Waals surface area contributed by atoms with Gasteiger partial charge in [0.25, 0.3) is 5.91 Å². The van der Waals surface area contributed by atoms with Crippen molar-refractivity contribution in [2.45, 2.75) is 17.6 Å². The van der Waals surface area contributed by atoms with Crippen LogP contribution in [0.4, 0.5) is 6.01 Å². The molecule has 0 saturated heterocycles. The van der Waals surface area contributed by atoms with Gasteiger partial charge < -0.3 is 4.42 Å². The molecule has 1 amide bonds. The molecule has 7 heteroatoms. The minimum Gasteiger partial charge on any atom is -0.407 e. The standard InChI is InChI=1S/C18H15N3O3S/c1-12(22)13-7-9-14(10-8-13)17(23)19-18-21-20-16(24-18)11-25-15-5-3-2-4-6-15/h2-10H,11H2,1H3,(H,19,21,23).